The largest absolute Gasteiger partial charge is 0.395 e. The van der Waals surface area contributed by atoms with Gasteiger partial charge >= 0.3 is 0 Å². The Hall–Kier alpha value is -0.120. The molecule has 0 saturated carbocycles. The minimum absolute atomic E-state index is 0.296. The molecule has 0 aliphatic carbocycles. The van der Waals surface area contributed by atoms with Crippen molar-refractivity contribution >= 4 is 0 Å². The highest BCUT2D eigenvalue weighted by Crippen LogP contribution is 2.07. The molecule has 0 amide bonds. The Morgan fingerprint density at radius 1 is 1.42 bits per heavy atom. The van der Waals surface area contributed by atoms with Gasteiger partial charge in [-0.15, -0.1) is 0 Å². The molecule has 3 nitrogen and oxygen atoms in total. The maximum Gasteiger partial charge on any atom is 0.0599 e. The van der Waals surface area contributed by atoms with E-state index < -0.39 is 0 Å². The molecule has 1 saturated heterocycles. The number of rotatable bonds is 3. The number of aliphatic hydroxyl groups is 1. The second kappa shape index (κ2) is 4.80. The number of aliphatic hydroxyl groups excluding tert-OH is 1. The van der Waals surface area contributed by atoms with Crippen LogP contribution in [0.4, 0.5) is 0 Å². The predicted molar refractivity (Wildman–Crippen MR) is 50.2 cm³/mol. The van der Waals surface area contributed by atoms with Crippen LogP contribution in [-0.4, -0.2) is 60.8 Å². The highest BCUT2D eigenvalue weighted by atomic mass is 16.3. The number of hydrogen-bond acceptors (Lipinski definition) is 3. The summed E-state index contributed by atoms with van der Waals surface area (Å²) in [4.78, 5) is 4.67. The van der Waals surface area contributed by atoms with E-state index in [0.29, 0.717) is 12.6 Å². The first-order chi connectivity index (χ1) is 5.77. The predicted octanol–water partition coefficient (Wildman–Crippen LogP) is 0.00470. The third-order valence-electron chi connectivity index (χ3n) is 2.53. The van der Waals surface area contributed by atoms with Crippen molar-refractivity contribution in [2.75, 3.05) is 39.8 Å². The van der Waals surface area contributed by atoms with E-state index in [4.69, 9.17) is 5.11 Å². The zero-order chi connectivity index (χ0) is 8.97. The van der Waals surface area contributed by atoms with E-state index in [1.54, 1.807) is 0 Å². The lowest BCUT2D eigenvalue weighted by Gasteiger charge is -2.38. The summed E-state index contributed by atoms with van der Waals surface area (Å²) in [5.41, 5.74) is 0. The second-order valence-corrected chi connectivity index (χ2v) is 3.63. The van der Waals surface area contributed by atoms with Gasteiger partial charge in [-0.25, -0.2) is 0 Å². The summed E-state index contributed by atoms with van der Waals surface area (Å²) in [5, 5.41) is 9.14. The standard InChI is InChI=1S/C9H20N2O/c1-3-4-11-6-5-10(2)7-9(11)8-12/h9,12H,3-8H2,1-2H3. The zero-order valence-electron chi connectivity index (χ0n) is 8.16. The molecule has 0 aromatic rings. The molecular formula is C9H20N2O. The van der Waals surface area contributed by atoms with E-state index in [1.807, 2.05) is 0 Å². The smallest absolute Gasteiger partial charge is 0.0599 e. The second-order valence-electron chi connectivity index (χ2n) is 3.63. The van der Waals surface area contributed by atoms with Gasteiger partial charge in [0.25, 0.3) is 0 Å². The summed E-state index contributed by atoms with van der Waals surface area (Å²) in [6.45, 7) is 6.86. The van der Waals surface area contributed by atoms with Crippen molar-refractivity contribution in [2.45, 2.75) is 19.4 Å². The summed E-state index contributed by atoms with van der Waals surface area (Å²) in [5.74, 6) is 0. The Balaban J connectivity index is 2.39. The molecule has 0 bridgehead atoms. The van der Waals surface area contributed by atoms with Crippen LogP contribution in [0.25, 0.3) is 0 Å². The van der Waals surface area contributed by atoms with Gasteiger partial charge in [0.05, 0.1) is 6.61 Å². The molecule has 1 rings (SSSR count). The zero-order valence-corrected chi connectivity index (χ0v) is 8.16. The molecule has 1 atom stereocenters. The molecule has 0 radical (unpaired) electrons. The summed E-state index contributed by atoms with van der Waals surface area (Å²) < 4.78 is 0. The highest BCUT2D eigenvalue weighted by molar-refractivity contribution is 4.79. The first-order valence-electron chi connectivity index (χ1n) is 4.81. The first kappa shape index (κ1) is 9.96. The summed E-state index contributed by atoms with van der Waals surface area (Å²) in [6, 6.07) is 0.365. The fraction of sp³-hybridized carbons (Fsp3) is 1.00. The average molecular weight is 172 g/mol. The SMILES string of the molecule is CCCN1CCN(C)CC1CO. The van der Waals surface area contributed by atoms with Crippen molar-refractivity contribution < 1.29 is 5.11 Å². The normalized spacial score (nSPS) is 27.8. The van der Waals surface area contributed by atoms with Crippen LogP contribution in [0.15, 0.2) is 0 Å². The molecule has 12 heavy (non-hydrogen) atoms. The third-order valence-corrected chi connectivity index (χ3v) is 2.53. The molecule has 1 unspecified atom stereocenters. The van der Waals surface area contributed by atoms with Crippen LogP contribution in [0.2, 0.25) is 0 Å². The van der Waals surface area contributed by atoms with E-state index in [2.05, 4.69) is 23.8 Å². The van der Waals surface area contributed by atoms with Crippen molar-refractivity contribution in [1.82, 2.24) is 9.80 Å². The third kappa shape index (κ3) is 2.44. The summed E-state index contributed by atoms with van der Waals surface area (Å²) in [6.07, 6.45) is 1.18. The summed E-state index contributed by atoms with van der Waals surface area (Å²) in [7, 11) is 2.12. The summed E-state index contributed by atoms with van der Waals surface area (Å²) >= 11 is 0. The Labute approximate surface area is 75.0 Å². The van der Waals surface area contributed by atoms with Crippen molar-refractivity contribution in [3.63, 3.8) is 0 Å². The van der Waals surface area contributed by atoms with Gasteiger partial charge in [0, 0.05) is 25.7 Å². The van der Waals surface area contributed by atoms with Crippen molar-refractivity contribution in [2.24, 2.45) is 0 Å². The maximum absolute atomic E-state index is 9.14. The first-order valence-corrected chi connectivity index (χ1v) is 4.81. The van der Waals surface area contributed by atoms with Crippen molar-refractivity contribution in [1.29, 1.82) is 0 Å². The van der Waals surface area contributed by atoms with Crippen LogP contribution >= 0.6 is 0 Å². The Morgan fingerprint density at radius 2 is 2.17 bits per heavy atom. The van der Waals surface area contributed by atoms with E-state index in [1.165, 1.54) is 6.42 Å². The average Bonchev–Trinajstić information content (AvgIpc) is 2.08. The lowest BCUT2D eigenvalue weighted by Crippen LogP contribution is -2.53. The van der Waals surface area contributed by atoms with Gasteiger partial charge in [-0.05, 0) is 20.0 Å². The van der Waals surface area contributed by atoms with Gasteiger partial charge in [0.2, 0.25) is 0 Å². The van der Waals surface area contributed by atoms with Gasteiger partial charge in [0.15, 0.2) is 0 Å². The molecular weight excluding hydrogens is 152 g/mol. The van der Waals surface area contributed by atoms with Crippen LogP contribution in [0.3, 0.4) is 0 Å². The number of nitrogens with zero attached hydrogens (tertiary/aromatic N) is 2. The Morgan fingerprint density at radius 3 is 2.75 bits per heavy atom. The van der Waals surface area contributed by atoms with Crippen LogP contribution in [0, 0.1) is 0 Å². The Kier molecular flexibility index (Phi) is 3.98. The van der Waals surface area contributed by atoms with Crippen LogP contribution in [-0.2, 0) is 0 Å². The number of hydrogen-bond donors (Lipinski definition) is 1. The molecule has 0 spiro atoms. The van der Waals surface area contributed by atoms with Crippen LogP contribution in [0.1, 0.15) is 13.3 Å². The van der Waals surface area contributed by atoms with Crippen molar-refractivity contribution in [3.05, 3.63) is 0 Å². The fourth-order valence-corrected chi connectivity index (χ4v) is 1.80. The van der Waals surface area contributed by atoms with Crippen molar-refractivity contribution in [3.8, 4) is 0 Å². The molecule has 1 aliphatic heterocycles. The lowest BCUT2D eigenvalue weighted by molar-refractivity contribution is 0.0514. The molecule has 72 valence electrons. The van der Waals surface area contributed by atoms with E-state index in [9.17, 15) is 0 Å². The Bertz CT molecular complexity index is 130. The van der Waals surface area contributed by atoms with E-state index in [-0.39, 0.29) is 0 Å². The van der Waals surface area contributed by atoms with Crippen LogP contribution < -0.4 is 0 Å². The van der Waals surface area contributed by atoms with Gasteiger partial charge in [-0.3, -0.25) is 4.90 Å². The molecule has 0 aromatic heterocycles. The number of likely N-dealkylation sites (N-methyl/N-ethyl adjacent to an activating group) is 1. The monoisotopic (exact) mass is 172 g/mol. The fourth-order valence-electron chi connectivity index (χ4n) is 1.80. The molecule has 1 aliphatic rings. The van der Waals surface area contributed by atoms with Crippen LogP contribution in [0.5, 0.6) is 0 Å². The van der Waals surface area contributed by atoms with Gasteiger partial charge in [0.1, 0.15) is 0 Å². The molecule has 0 aromatic carbocycles. The number of piperazine rings is 1. The van der Waals surface area contributed by atoms with E-state index in [0.717, 1.165) is 26.2 Å². The van der Waals surface area contributed by atoms with Gasteiger partial charge in [-0.1, -0.05) is 6.92 Å². The molecule has 1 N–H and O–H groups in total. The molecule has 1 heterocycles. The minimum Gasteiger partial charge on any atom is -0.395 e. The van der Waals surface area contributed by atoms with E-state index >= 15 is 0 Å². The molecule has 3 heteroatoms. The minimum atomic E-state index is 0.296. The lowest BCUT2D eigenvalue weighted by atomic mass is 10.2. The molecule has 1 fully saturated rings. The topological polar surface area (TPSA) is 26.7 Å². The highest BCUT2D eigenvalue weighted by Gasteiger charge is 2.23. The maximum atomic E-state index is 9.14. The quantitative estimate of drug-likeness (QED) is 0.649. The van der Waals surface area contributed by atoms with Gasteiger partial charge in [-0.2, -0.15) is 0 Å². The van der Waals surface area contributed by atoms with Gasteiger partial charge < -0.3 is 10.0 Å².